The maximum absolute atomic E-state index is 14.0. The first-order valence-corrected chi connectivity index (χ1v) is 12.5. The number of fused-ring (bicyclic) bond motifs is 1. The quantitative estimate of drug-likeness (QED) is 0.402. The number of aliphatic hydroxyl groups is 1. The van der Waals surface area contributed by atoms with Gasteiger partial charge in [0.1, 0.15) is 18.5 Å². The number of alkyl halides is 3. The standard InChI is InChI=1S/C24H20ClF4NO5S/c25-19-5-2-6-20(26)23(19)34-14-15-7-8-22-21(11-15)30(13-17(35-22)9-10-31)36(32,33)18-4-1-3-16(12-18)24(27,28)29/h1-8,11-12,17,31H,9-10,13-14H2. The van der Waals surface area contributed by atoms with E-state index in [4.69, 9.17) is 21.1 Å². The van der Waals surface area contributed by atoms with Crippen LogP contribution in [0.4, 0.5) is 23.2 Å². The fourth-order valence-electron chi connectivity index (χ4n) is 3.71. The smallest absolute Gasteiger partial charge is 0.416 e. The Labute approximate surface area is 209 Å². The summed E-state index contributed by atoms with van der Waals surface area (Å²) >= 11 is 5.98. The lowest BCUT2D eigenvalue weighted by Crippen LogP contribution is -2.44. The van der Waals surface area contributed by atoms with Crippen LogP contribution in [-0.4, -0.2) is 32.8 Å². The number of hydrogen-bond donors (Lipinski definition) is 1. The number of hydrogen-bond acceptors (Lipinski definition) is 5. The van der Waals surface area contributed by atoms with Crippen molar-refractivity contribution in [1.82, 2.24) is 0 Å². The molecular formula is C24H20ClF4NO5S. The zero-order valence-corrected chi connectivity index (χ0v) is 20.1. The predicted molar refractivity (Wildman–Crippen MR) is 124 cm³/mol. The van der Waals surface area contributed by atoms with Crippen LogP contribution < -0.4 is 13.8 Å². The van der Waals surface area contributed by atoms with E-state index in [2.05, 4.69) is 0 Å². The average molecular weight is 546 g/mol. The molecule has 4 rings (SSSR count). The molecule has 0 fully saturated rings. The summed E-state index contributed by atoms with van der Waals surface area (Å²) in [7, 11) is -4.46. The molecule has 1 aliphatic rings. The number of para-hydroxylation sites is 1. The molecule has 36 heavy (non-hydrogen) atoms. The van der Waals surface area contributed by atoms with Crippen molar-refractivity contribution in [2.24, 2.45) is 0 Å². The van der Waals surface area contributed by atoms with Gasteiger partial charge in [0.05, 0.1) is 27.7 Å². The molecule has 0 aliphatic carbocycles. The predicted octanol–water partition coefficient (Wildman–Crippen LogP) is 5.42. The van der Waals surface area contributed by atoms with Gasteiger partial charge in [-0.2, -0.15) is 13.2 Å². The SMILES string of the molecule is O=S(=O)(c1cccc(C(F)(F)F)c1)N1CC(CCO)Oc2ccc(COc3c(F)cccc3Cl)cc21. The van der Waals surface area contributed by atoms with Gasteiger partial charge in [-0.1, -0.05) is 29.8 Å². The van der Waals surface area contributed by atoms with E-state index in [1.54, 1.807) is 6.07 Å². The van der Waals surface area contributed by atoms with Gasteiger partial charge < -0.3 is 14.6 Å². The Morgan fingerprint density at radius 3 is 2.56 bits per heavy atom. The Hall–Kier alpha value is -3.02. The van der Waals surface area contributed by atoms with Crippen molar-refractivity contribution in [1.29, 1.82) is 0 Å². The van der Waals surface area contributed by atoms with Gasteiger partial charge in [0.25, 0.3) is 10.0 Å². The fourth-order valence-corrected chi connectivity index (χ4v) is 5.47. The molecule has 0 spiro atoms. The number of benzene rings is 3. The van der Waals surface area contributed by atoms with E-state index in [9.17, 15) is 31.1 Å². The lowest BCUT2D eigenvalue weighted by molar-refractivity contribution is -0.137. The first-order valence-electron chi connectivity index (χ1n) is 10.7. The summed E-state index contributed by atoms with van der Waals surface area (Å²) in [4.78, 5) is -0.548. The minimum Gasteiger partial charge on any atom is -0.486 e. The molecule has 0 saturated carbocycles. The van der Waals surface area contributed by atoms with Crippen LogP contribution in [0.15, 0.2) is 65.6 Å². The normalized spacial score (nSPS) is 15.8. The summed E-state index contributed by atoms with van der Waals surface area (Å²) in [5.74, 6) is -0.697. The van der Waals surface area contributed by atoms with Crippen LogP contribution in [0.2, 0.25) is 5.02 Å². The molecule has 0 aromatic heterocycles. The van der Waals surface area contributed by atoms with Crippen molar-refractivity contribution >= 4 is 27.3 Å². The number of rotatable bonds is 7. The summed E-state index contributed by atoms with van der Waals surface area (Å²) in [6.07, 6.45) is -5.36. The van der Waals surface area contributed by atoms with Crippen LogP contribution in [0.3, 0.4) is 0 Å². The molecule has 192 valence electrons. The largest absolute Gasteiger partial charge is 0.486 e. The number of aliphatic hydroxyl groups excluding tert-OH is 1. The van der Waals surface area contributed by atoms with Gasteiger partial charge in [-0.25, -0.2) is 12.8 Å². The highest BCUT2D eigenvalue weighted by Crippen LogP contribution is 2.40. The molecular weight excluding hydrogens is 526 g/mol. The molecule has 3 aromatic rings. The topological polar surface area (TPSA) is 76.1 Å². The van der Waals surface area contributed by atoms with E-state index in [1.807, 2.05) is 0 Å². The summed E-state index contributed by atoms with van der Waals surface area (Å²) in [6, 6.07) is 12.0. The molecule has 6 nitrogen and oxygen atoms in total. The van der Waals surface area contributed by atoms with Crippen molar-refractivity contribution < 1.29 is 40.6 Å². The van der Waals surface area contributed by atoms with Gasteiger partial charge >= 0.3 is 6.18 Å². The third kappa shape index (κ3) is 5.37. The van der Waals surface area contributed by atoms with E-state index in [1.165, 1.54) is 30.3 Å². The van der Waals surface area contributed by atoms with Gasteiger partial charge in [0.2, 0.25) is 0 Å². The molecule has 0 radical (unpaired) electrons. The first-order chi connectivity index (χ1) is 17.0. The maximum atomic E-state index is 14.0. The Bertz CT molecular complexity index is 1350. The third-order valence-corrected chi connectivity index (χ3v) is 7.53. The Morgan fingerprint density at radius 2 is 1.86 bits per heavy atom. The fraction of sp³-hybridized carbons (Fsp3) is 0.250. The summed E-state index contributed by atoms with van der Waals surface area (Å²) in [5.41, 5.74) is -0.600. The number of ether oxygens (including phenoxy) is 2. The van der Waals surface area contributed by atoms with Crippen LogP contribution in [0.1, 0.15) is 17.5 Å². The number of halogens is 5. The zero-order valence-electron chi connectivity index (χ0n) is 18.5. The summed E-state index contributed by atoms with van der Waals surface area (Å²) in [6.45, 7) is -0.701. The Morgan fingerprint density at radius 1 is 1.11 bits per heavy atom. The first kappa shape index (κ1) is 26.1. The summed E-state index contributed by atoms with van der Waals surface area (Å²) in [5, 5.41) is 9.39. The van der Waals surface area contributed by atoms with Crippen molar-refractivity contribution in [2.75, 3.05) is 17.5 Å². The minimum atomic E-state index is -4.73. The van der Waals surface area contributed by atoms with E-state index in [0.29, 0.717) is 11.6 Å². The lowest BCUT2D eigenvalue weighted by Gasteiger charge is -2.35. The molecule has 0 saturated heterocycles. The molecule has 1 N–H and O–H groups in total. The molecule has 0 bridgehead atoms. The number of sulfonamides is 1. The van der Waals surface area contributed by atoms with Gasteiger partial charge in [-0.15, -0.1) is 0 Å². The lowest BCUT2D eigenvalue weighted by atomic mass is 10.1. The molecule has 1 aliphatic heterocycles. The Balaban J connectivity index is 1.71. The van der Waals surface area contributed by atoms with Crippen molar-refractivity contribution in [3.05, 3.63) is 82.6 Å². The van der Waals surface area contributed by atoms with Gasteiger partial charge in [-0.3, -0.25) is 4.31 Å². The highest BCUT2D eigenvalue weighted by Gasteiger charge is 2.37. The Kier molecular flexibility index (Phi) is 7.35. The summed E-state index contributed by atoms with van der Waals surface area (Å²) < 4.78 is 93.0. The highest BCUT2D eigenvalue weighted by molar-refractivity contribution is 7.92. The van der Waals surface area contributed by atoms with Crippen molar-refractivity contribution in [3.8, 4) is 11.5 Å². The van der Waals surface area contributed by atoms with E-state index < -0.39 is 38.6 Å². The van der Waals surface area contributed by atoms with Gasteiger partial charge in [0.15, 0.2) is 11.6 Å². The van der Waals surface area contributed by atoms with E-state index >= 15 is 0 Å². The van der Waals surface area contributed by atoms with Crippen LogP contribution in [0.25, 0.3) is 0 Å². The number of anilines is 1. The van der Waals surface area contributed by atoms with Crippen LogP contribution in [0, 0.1) is 5.82 Å². The minimum absolute atomic E-state index is 0.0527. The zero-order chi connectivity index (χ0) is 26.1. The molecule has 3 aromatic carbocycles. The monoisotopic (exact) mass is 545 g/mol. The van der Waals surface area contributed by atoms with E-state index in [-0.39, 0.29) is 48.4 Å². The average Bonchev–Trinajstić information content (AvgIpc) is 2.83. The highest BCUT2D eigenvalue weighted by atomic mass is 35.5. The van der Waals surface area contributed by atoms with Crippen LogP contribution in [0.5, 0.6) is 11.5 Å². The second-order valence-electron chi connectivity index (χ2n) is 7.96. The third-order valence-electron chi connectivity index (χ3n) is 5.46. The molecule has 1 heterocycles. The second-order valence-corrected chi connectivity index (χ2v) is 10.2. The molecule has 1 atom stereocenters. The second kappa shape index (κ2) is 10.2. The van der Waals surface area contributed by atoms with Crippen molar-refractivity contribution in [3.63, 3.8) is 0 Å². The van der Waals surface area contributed by atoms with Crippen molar-refractivity contribution in [2.45, 2.75) is 30.2 Å². The maximum Gasteiger partial charge on any atom is 0.416 e. The van der Waals surface area contributed by atoms with Crippen LogP contribution in [-0.2, 0) is 22.8 Å². The molecule has 0 amide bonds. The molecule has 12 heteroatoms. The van der Waals surface area contributed by atoms with Gasteiger partial charge in [-0.05, 0) is 48.0 Å². The van der Waals surface area contributed by atoms with Crippen LogP contribution >= 0.6 is 11.6 Å². The van der Waals surface area contributed by atoms with E-state index in [0.717, 1.165) is 22.5 Å². The van der Waals surface area contributed by atoms with Gasteiger partial charge in [0, 0.05) is 13.0 Å². The number of nitrogens with zero attached hydrogens (tertiary/aromatic N) is 1. The molecule has 1 unspecified atom stereocenters.